The zero-order valence-electron chi connectivity index (χ0n) is 16.7. The molecular weight excluding hydrogens is 374 g/mol. The summed E-state index contributed by atoms with van der Waals surface area (Å²) in [5, 5.41) is 3.10. The van der Waals surface area contributed by atoms with Crippen LogP contribution in [0.1, 0.15) is 24.0 Å². The number of amides is 1. The number of hydrogen-bond donors (Lipinski definition) is 1. The van der Waals surface area contributed by atoms with Crippen molar-refractivity contribution < 1.29 is 4.79 Å². The van der Waals surface area contributed by atoms with E-state index in [-0.39, 0.29) is 30.0 Å². The Morgan fingerprint density at radius 2 is 1.47 bits per heavy atom. The topological polar surface area (TPSA) is 64.0 Å². The number of rotatable bonds is 6. The van der Waals surface area contributed by atoms with E-state index in [0.717, 1.165) is 11.1 Å². The van der Waals surface area contributed by atoms with Crippen molar-refractivity contribution in [1.29, 1.82) is 0 Å². The predicted molar refractivity (Wildman–Crippen MR) is 118 cm³/mol. The van der Waals surface area contributed by atoms with Gasteiger partial charge in [-0.3, -0.25) is 14.2 Å². The minimum absolute atomic E-state index is 0.00209. The zero-order chi connectivity index (χ0) is 20.9. The predicted octanol–water partition coefficient (Wildman–Crippen LogP) is 3.73. The molecule has 1 N–H and O–H groups in total. The molecule has 3 aromatic carbocycles. The summed E-state index contributed by atoms with van der Waals surface area (Å²) in [5.41, 5.74) is 3.30. The molecule has 30 heavy (non-hydrogen) atoms. The average molecular weight is 397 g/mol. The second-order valence-electron chi connectivity index (χ2n) is 7.33. The van der Waals surface area contributed by atoms with Gasteiger partial charge in [-0.1, -0.05) is 72.8 Å². The fraction of sp³-hybridized carbons (Fsp3) is 0.160. The lowest BCUT2D eigenvalue weighted by atomic mass is 9.86. The van der Waals surface area contributed by atoms with Gasteiger partial charge in [-0.05, 0) is 30.2 Å². The number of fused-ring (bicyclic) bond motifs is 1. The number of benzene rings is 3. The Hall–Kier alpha value is -3.73. The van der Waals surface area contributed by atoms with Crippen LogP contribution in [0.15, 0.2) is 95.9 Å². The molecular formula is C25H23N3O2. The van der Waals surface area contributed by atoms with Crippen LogP contribution in [0.5, 0.6) is 0 Å². The lowest BCUT2D eigenvalue weighted by Crippen LogP contribution is -2.40. The second kappa shape index (κ2) is 8.74. The van der Waals surface area contributed by atoms with E-state index in [4.69, 9.17) is 0 Å². The van der Waals surface area contributed by atoms with Crippen molar-refractivity contribution in [3.63, 3.8) is 0 Å². The SMILES string of the molecule is CC(NC(=O)Cn1c(=O)cnc2ccccc21)C(c1ccccc1)c1ccccc1. The van der Waals surface area contributed by atoms with Crippen molar-refractivity contribution in [2.75, 3.05) is 0 Å². The van der Waals surface area contributed by atoms with Crippen LogP contribution in [-0.4, -0.2) is 21.5 Å². The molecule has 0 aliphatic carbocycles. The summed E-state index contributed by atoms with van der Waals surface area (Å²) in [6.07, 6.45) is 1.26. The molecule has 1 atom stereocenters. The summed E-state index contributed by atoms with van der Waals surface area (Å²) in [7, 11) is 0. The molecule has 0 saturated heterocycles. The van der Waals surface area contributed by atoms with E-state index in [1.807, 2.05) is 61.5 Å². The quantitative estimate of drug-likeness (QED) is 0.539. The molecule has 1 heterocycles. The molecule has 0 spiro atoms. The Balaban J connectivity index is 1.59. The molecule has 0 aliphatic heterocycles. The monoisotopic (exact) mass is 397 g/mol. The van der Waals surface area contributed by atoms with E-state index < -0.39 is 0 Å². The van der Waals surface area contributed by atoms with Crippen LogP contribution in [0.25, 0.3) is 11.0 Å². The summed E-state index contributed by atoms with van der Waals surface area (Å²) >= 11 is 0. The molecule has 1 unspecified atom stereocenters. The molecule has 4 aromatic rings. The first-order chi connectivity index (χ1) is 14.6. The van der Waals surface area contributed by atoms with Crippen LogP contribution in [0.2, 0.25) is 0 Å². The molecule has 150 valence electrons. The largest absolute Gasteiger partial charge is 0.351 e. The third-order valence-corrected chi connectivity index (χ3v) is 5.26. The Labute approximate surface area is 175 Å². The minimum Gasteiger partial charge on any atom is -0.351 e. The lowest BCUT2D eigenvalue weighted by Gasteiger charge is -2.26. The second-order valence-corrected chi connectivity index (χ2v) is 7.33. The molecule has 0 saturated carbocycles. The van der Waals surface area contributed by atoms with Gasteiger partial charge in [-0.15, -0.1) is 0 Å². The summed E-state index contributed by atoms with van der Waals surface area (Å²) in [5.74, 6) is -0.208. The van der Waals surface area contributed by atoms with Crippen LogP contribution in [0, 0.1) is 0 Å². The fourth-order valence-electron chi connectivity index (χ4n) is 3.89. The average Bonchev–Trinajstić information content (AvgIpc) is 2.77. The van der Waals surface area contributed by atoms with Crippen molar-refractivity contribution in [2.45, 2.75) is 25.4 Å². The number of nitrogens with one attached hydrogen (secondary N) is 1. The Bertz CT molecular complexity index is 1160. The van der Waals surface area contributed by atoms with Gasteiger partial charge in [0.05, 0.1) is 17.2 Å². The van der Waals surface area contributed by atoms with E-state index in [1.54, 1.807) is 6.07 Å². The lowest BCUT2D eigenvalue weighted by molar-refractivity contribution is -0.122. The highest BCUT2D eigenvalue weighted by Crippen LogP contribution is 2.28. The van der Waals surface area contributed by atoms with Crippen LogP contribution >= 0.6 is 0 Å². The zero-order valence-corrected chi connectivity index (χ0v) is 16.7. The number of aromatic nitrogens is 2. The van der Waals surface area contributed by atoms with Crippen LogP contribution in [-0.2, 0) is 11.3 Å². The van der Waals surface area contributed by atoms with E-state index in [9.17, 15) is 9.59 Å². The molecule has 0 radical (unpaired) electrons. The van der Waals surface area contributed by atoms with Gasteiger partial charge in [0.1, 0.15) is 6.54 Å². The number of para-hydroxylation sites is 2. The van der Waals surface area contributed by atoms with Crippen molar-refractivity contribution in [2.24, 2.45) is 0 Å². The highest BCUT2D eigenvalue weighted by atomic mass is 16.2. The Kier molecular flexibility index (Phi) is 5.70. The molecule has 4 rings (SSSR count). The van der Waals surface area contributed by atoms with Crippen LogP contribution in [0.3, 0.4) is 0 Å². The maximum absolute atomic E-state index is 12.9. The van der Waals surface area contributed by atoms with Crippen LogP contribution < -0.4 is 10.9 Å². The first kappa shape index (κ1) is 19.6. The Morgan fingerprint density at radius 1 is 0.900 bits per heavy atom. The minimum atomic E-state index is -0.292. The number of hydrogen-bond acceptors (Lipinski definition) is 3. The van der Waals surface area contributed by atoms with Crippen molar-refractivity contribution >= 4 is 16.9 Å². The van der Waals surface area contributed by atoms with Crippen LogP contribution in [0.4, 0.5) is 0 Å². The summed E-state index contributed by atoms with van der Waals surface area (Å²) < 4.78 is 1.46. The number of carbonyl (C=O) groups is 1. The Morgan fingerprint density at radius 3 is 2.10 bits per heavy atom. The van der Waals surface area contributed by atoms with Gasteiger partial charge in [0.15, 0.2) is 0 Å². The van der Waals surface area contributed by atoms with E-state index >= 15 is 0 Å². The van der Waals surface area contributed by atoms with Gasteiger partial charge < -0.3 is 5.32 Å². The third-order valence-electron chi connectivity index (χ3n) is 5.26. The van der Waals surface area contributed by atoms with E-state index in [2.05, 4.69) is 34.6 Å². The van der Waals surface area contributed by atoms with Gasteiger partial charge in [-0.25, -0.2) is 4.98 Å². The first-order valence-electron chi connectivity index (χ1n) is 9.97. The summed E-state index contributed by atoms with van der Waals surface area (Å²) in [6, 6.07) is 27.4. The van der Waals surface area contributed by atoms with Gasteiger partial charge in [0, 0.05) is 12.0 Å². The number of carbonyl (C=O) groups excluding carboxylic acids is 1. The summed E-state index contributed by atoms with van der Waals surface area (Å²) in [6.45, 7) is 1.94. The fourth-order valence-corrected chi connectivity index (χ4v) is 3.89. The molecule has 5 nitrogen and oxygen atoms in total. The van der Waals surface area contributed by atoms with Crippen molar-refractivity contribution in [3.8, 4) is 0 Å². The maximum atomic E-state index is 12.9. The highest BCUT2D eigenvalue weighted by Gasteiger charge is 2.23. The van der Waals surface area contributed by atoms with E-state index in [1.165, 1.54) is 10.8 Å². The smallest absolute Gasteiger partial charge is 0.269 e. The van der Waals surface area contributed by atoms with Gasteiger partial charge >= 0.3 is 0 Å². The maximum Gasteiger partial charge on any atom is 0.269 e. The summed E-state index contributed by atoms with van der Waals surface area (Å²) in [4.78, 5) is 29.4. The molecule has 5 heteroatoms. The molecule has 0 fully saturated rings. The standard InChI is InChI=1S/C25H23N3O2/c1-18(25(19-10-4-2-5-11-19)20-12-6-3-7-13-20)27-23(29)17-28-22-15-9-8-14-21(22)26-16-24(28)30/h2-16,18,25H,17H2,1H3,(H,27,29). The van der Waals surface area contributed by atoms with Gasteiger partial charge in [0.25, 0.3) is 5.56 Å². The first-order valence-corrected chi connectivity index (χ1v) is 9.97. The molecule has 1 aromatic heterocycles. The number of nitrogens with zero attached hydrogens (tertiary/aromatic N) is 2. The van der Waals surface area contributed by atoms with Gasteiger partial charge in [0.2, 0.25) is 5.91 Å². The van der Waals surface area contributed by atoms with Crippen molar-refractivity contribution in [3.05, 3.63) is 113 Å². The van der Waals surface area contributed by atoms with Gasteiger partial charge in [-0.2, -0.15) is 0 Å². The van der Waals surface area contributed by atoms with Crippen molar-refractivity contribution in [1.82, 2.24) is 14.9 Å². The molecule has 0 bridgehead atoms. The normalized spacial score (nSPS) is 12.1. The highest BCUT2D eigenvalue weighted by molar-refractivity contribution is 5.80. The molecule has 1 amide bonds. The van der Waals surface area contributed by atoms with E-state index in [0.29, 0.717) is 11.0 Å². The third kappa shape index (κ3) is 4.15. The molecule has 0 aliphatic rings.